The lowest BCUT2D eigenvalue weighted by Gasteiger charge is -2.15. The van der Waals surface area contributed by atoms with Crippen molar-refractivity contribution in [2.24, 2.45) is 0 Å². The molecule has 0 bridgehead atoms. The van der Waals surface area contributed by atoms with Crippen molar-refractivity contribution in [2.75, 3.05) is 6.61 Å². The van der Waals surface area contributed by atoms with E-state index >= 15 is 0 Å². The Balaban J connectivity index is 2.05. The number of ether oxygens (including phenoxy) is 1. The van der Waals surface area contributed by atoms with Gasteiger partial charge in [-0.3, -0.25) is 4.79 Å². The second-order valence-electron chi connectivity index (χ2n) is 4.68. The van der Waals surface area contributed by atoms with E-state index in [9.17, 15) is 4.79 Å². The van der Waals surface area contributed by atoms with E-state index in [-0.39, 0.29) is 11.9 Å². The van der Waals surface area contributed by atoms with Crippen molar-refractivity contribution in [3.63, 3.8) is 0 Å². The third-order valence-corrected chi connectivity index (χ3v) is 3.49. The van der Waals surface area contributed by atoms with Crippen molar-refractivity contribution in [2.45, 2.75) is 19.9 Å². The van der Waals surface area contributed by atoms with E-state index in [1.165, 1.54) is 0 Å². The fraction of sp³-hybridized carbons (Fsp3) is 0.235. The number of hydrogen-bond acceptors (Lipinski definition) is 2. The number of carbonyl (C=O) groups excluding carboxylic acids is 1. The second kappa shape index (κ2) is 7.14. The van der Waals surface area contributed by atoms with Gasteiger partial charge in [0.1, 0.15) is 5.75 Å². The standard InChI is InChI=1S/C17H18ClNO2/c1-3-21-14-10-8-13(9-11-14)12(2)19-17(20)15-6-4-5-7-16(15)18/h4-12H,3H2,1-2H3,(H,19,20)/t12-/m0/s1. The molecule has 0 radical (unpaired) electrons. The topological polar surface area (TPSA) is 38.3 Å². The Kier molecular flexibility index (Phi) is 5.23. The Morgan fingerprint density at radius 3 is 2.48 bits per heavy atom. The molecule has 1 atom stereocenters. The zero-order chi connectivity index (χ0) is 15.2. The molecule has 2 rings (SSSR count). The highest BCUT2D eigenvalue weighted by Crippen LogP contribution is 2.20. The monoisotopic (exact) mass is 303 g/mol. The van der Waals surface area contributed by atoms with Crippen LogP contribution >= 0.6 is 11.6 Å². The summed E-state index contributed by atoms with van der Waals surface area (Å²) in [4.78, 5) is 12.2. The molecule has 1 N–H and O–H groups in total. The molecule has 0 saturated heterocycles. The summed E-state index contributed by atoms with van der Waals surface area (Å²) in [7, 11) is 0. The lowest BCUT2D eigenvalue weighted by molar-refractivity contribution is 0.0940. The molecule has 0 aliphatic heterocycles. The highest BCUT2D eigenvalue weighted by atomic mass is 35.5. The third-order valence-electron chi connectivity index (χ3n) is 3.16. The van der Waals surface area contributed by atoms with Gasteiger partial charge in [-0.2, -0.15) is 0 Å². The van der Waals surface area contributed by atoms with Crippen molar-refractivity contribution in [1.29, 1.82) is 0 Å². The fourth-order valence-corrected chi connectivity index (χ4v) is 2.24. The van der Waals surface area contributed by atoms with Gasteiger partial charge in [0, 0.05) is 0 Å². The van der Waals surface area contributed by atoms with Crippen LogP contribution < -0.4 is 10.1 Å². The minimum atomic E-state index is -0.179. The van der Waals surface area contributed by atoms with E-state index in [1.54, 1.807) is 24.3 Å². The predicted molar refractivity (Wildman–Crippen MR) is 84.9 cm³/mol. The second-order valence-corrected chi connectivity index (χ2v) is 5.08. The smallest absolute Gasteiger partial charge is 0.253 e. The lowest BCUT2D eigenvalue weighted by Crippen LogP contribution is -2.26. The maximum atomic E-state index is 12.2. The SMILES string of the molecule is CCOc1ccc([C@H](C)NC(=O)c2ccccc2Cl)cc1. The van der Waals surface area contributed by atoms with Gasteiger partial charge in [0.25, 0.3) is 5.91 Å². The Morgan fingerprint density at radius 1 is 1.19 bits per heavy atom. The molecule has 110 valence electrons. The normalized spacial score (nSPS) is 11.8. The van der Waals surface area contributed by atoms with Gasteiger partial charge in [-0.25, -0.2) is 0 Å². The summed E-state index contributed by atoms with van der Waals surface area (Å²) in [5.74, 6) is 0.646. The largest absolute Gasteiger partial charge is 0.494 e. The van der Waals surface area contributed by atoms with Crippen molar-refractivity contribution in [3.8, 4) is 5.75 Å². The van der Waals surface area contributed by atoms with Crippen LogP contribution in [0, 0.1) is 0 Å². The molecule has 3 nitrogen and oxygen atoms in total. The number of rotatable bonds is 5. The average molecular weight is 304 g/mol. The van der Waals surface area contributed by atoms with Crippen molar-refractivity contribution >= 4 is 17.5 Å². The molecule has 0 aliphatic carbocycles. The zero-order valence-electron chi connectivity index (χ0n) is 12.1. The zero-order valence-corrected chi connectivity index (χ0v) is 12.9. The molecule has 0 aromatic heterocycles. The van der Waals surface area contributed by atoms with Gasteiger partial charge < -0.3 is 10.1 Å². The summed E-state index contributed by atoms with van der Waals surface area (Å²) in [5, 5.41) is 3.39. The maximum Gasteiger partial charge on any atom is 0.253 e. The molecule has 2 aromatic carbocycles. The average Bonchev–Trinajstić information content (AvgIpc) is 2.48. The number of halogens is 1. The molecule has 2 aromatic rings. The van der Waals surface area contributed by atoms with Crippen LogP contribution in [0.1, 0.15) is 35.8 Å². The van der Waals surface area contributed by atoms with Crippen LogP contribution in [-0.2, 0) is 0 Å². The van der Waals surface area contributed by atoms with Gasteiger partial charge in [0.15, 0.2) is 0 Å². The molecule has 0 aliphatic rings. The lowest BCUT2D eigenvalue weighted by atomic mass is 10.1. The van der Waals surface area contributed by atoms with Crippen molar-refractivity contribution in [3.05, 3.63) is 64.7 Å². The highest BCUT2D eigenvalue weighted by molar-refractivity contribution is 6.33. The summed E-state index contributed by atoms with van der Waals surface area (Å²) in [6.07, 6.45) is 0. The van der Waals surface area contributed by atoms with Crippen LogP contribution in [0.4, 0.5) is 0 Å². The Bertz CT molecular complexity index is 610. The van der Waals surface area contributed by atoms with Crippen LogP contribution in [0.5, 0.6) is 5.75 Å². The first-order chi connectivity index (χ1) is 10.1. The van der Waals surface area contributed by atoms with Gasteiger partial charge in [0.05, 0.1) is 23.2 Å². The molecule has 1 amide bonds. The summed E-state index contributed by atoms with van der Waals surface area (Å²) >= 11 is 6.03. The number of amides is 1. The van der Waals surface area contributed by atoms with E-state index in [0.29, 0.717) is 17.2 Å². The molecular weight excluding hydrogens is 286 g/mol. The van der Waals surface area contributed by atoms with Gasteiger partial charge in [-0.05, 0) is 43.7 Å². The maximum absolute atomic E-state index is 12.2. The molecule has 4 heteroatoms. The van der Waals surface area contributed by atoms with Crippen molar-refractivity contribution in [1.82, 2.24) is 5.32 Å². The van der Waals surface area contributed by atoms with Crippen LogP contribution in [0.3, 0.4) is 0 Å². The molecule has 0 spiro atoms. The summed E-state index contributed by atoms with van der Waals surface area (Å²) in [6.45, 7) is 4.52. The van der Waals surface area contributed by atoms with E-state index in [1.807, 2.05) is 38.1 Å². The molecule has 0 heterocycles. The van der Waals surface area contributed by atoms with E-state index < -0.39 is 0 Å². The van der Waals surface area contributed by atoms with Crippen molar-refractivity contribution < 1.29 is 9.53 Å². The minimum absolute atomic E-state index is 0.107. The minimum Gasteiger partial charge on any atom is -0.494 e. The summed E-state index contributed by atoms with van der Waals surface area (Å²) < 4.78 is 5.40. The number of benzene rings is 2. The number of carbonyl (C=O) groups is 1. The molecule has 0 unspecified atom stereocenters. The fourth-order valence-electron chi connectivity index (χ4n) is 2.02. The van der Waals surface area contributed by atoms with Gasteiger partial charge in [-0.15, -0.1) is 0 Å². The van der Waals surface area contributed by atoms with Gasteiger partial charge >= 0.3 is 0 Å². The van der Waals surface area contributed by atoms with E-state index in [4.69, 9.17) is 16.3 Å². The van der Waals surface area contributed by atoms with E-state index in [2.05, 4.69) is 5.32 Å². The highest BCUT2D eigenvalue weighted by Gasteiger charge is 2.13. The van der Waals surface area contributed by atoms with Gasteiger partial charge in [0.2, 0.25) is 0 Å². The molecule has 0 fully saturated rings. The Hall–Kier alpha value is -2.00. The summed E-state index contributed by atoms with van der Waals surface area (Å²) in [6, 6.07) is 14.6. The Labute approximate surface area is 129 Å². The third kappa shape index (κ3) is 3.99. The molecular formula is C17H18ClNO2. The van der Waals surface area contributed by atoms with Gasteiger partial charge in [-0.1, -0.05) is 35.9 Å². The van der Waals surface area contributed by atoms with Crippen LogP contribution in [0.2, 0.25) is 5.02 Å². The molecule has 21 heavy (non-hydrogen) atoms. The number of hydrogen-bond donors (Lipinski definition) is 1. The first kappa shape index (κ1) is 15.4. The van der Waals surface area contributed by atoms with Crippen LogP contribution in [0.25, 0.3) is 0 Å². The first-order valence-electron chi connectivity index (χ1n) is 6.90. The first-order valence-corrected chi connectivity index (χ1v) is 7.27. The Morgan fingerprint density at radius 2 is 1.86 bits per heavy atom. The van der Waals surface area contributed by atoms with E-state index in [0.717, 1.165) is 11.3 Å². The predicted octanol–water partition coefficient (Wildman–Crippen LogP) is 4.23. The molecule has 0 saturated carbocycles. The quantitative estimate of drug-likeness (QED) is 0.897. The number of nitrogens with one attached hydrogen (secondary N) is 1. The van der Waals surface area contributed by atoms with Crippen LogP contribution in [-0.4, -0.2) is 12.5 Å². The summed E-state index contributed by atoms with van der Waals surface area (Å²) in [5.41, 5.74) is 1.50. The van der Waals surface area contributed by atoms with Crippen LogP contribution in [0.15, 0.2) is 48.5 Å².